The third-order valence-electron chi connectivity index (χ3n) is 3.39. The highest BCUT2D eigenvalue weighted by molar-refractivity contribution is 5.95. The van der Waals surface area contributed by atoms with E-state index in [1.54, 1.807) is 6.20 Å². The van der Waals surface area contributed by atoms with E-state index in [-0.39, 0.29) is 11.9 Å². The lowest BCUT2D eigenvalue weighted by atomic mass is 10.0. The molecule has 0 aliphatic heterocycles. The molecule has 1 aromatic carbocycles. The number of carbonyl (C=O) groups excluding carboxylic acids is 1. The molecule has 21 heavy (non-hydrogen) atoms. The SMILES string of the molecule is CNCCc1ccccc1C(=O)N[C@H](C)c1ccccn1. The zero-order valence-corrected chi connectivity index (χ0v) is 12.5. The lowest BCUT2D eigenvalue weighted by molar-refractivity contribution is 0.0938. The summed E-state index contributed by atoms with van der Waals surface area (Å²) in [5.74, 6) is -0.0557. The molecule has 0 aliphatic rings. The number of carbonyl (C=O) groups is 1. The van der Waals surface area contributed by atoms with Crippen molar-refractivity contribution in [2.75, 3.05) is 13.6 Å². The Kier molecular flexibility index (Phi) is 5.46. The number of benzene rings is 1. The molecule has 1 amide bonds. The molecule has 1 heterocycles. The molecule has 0 spiro atoms. The molecule has 110 valence electrons. The van der Waals surface area contributed by atoms with Gasteiger partial charge in [0.2, 0.25) is 0 Å². The summed E-state index contributed by atoms with van der Waals surface area (Å²) < 4.78 is 0. The molecule has 0 saturated carbocycles. The van der Waals surface area contributed by atoms with Crippen LogP contribution in [0.5, 0.6) is 0 Å². The van der Waals surface area contributed by atoms with Gasteiger partial charge in [0.15, 0.2) is 0 Å². The van der Waals surface area contributed by atoms with Crippen LogP contribution in [-0.2, 0) is 6.42 Å². The molecule has 4 heteroatoms. The van der Waals surface area contributed by atoms with Crippen LogP contribution in [0, 0.1) is 0 Å². The van der Waals surface area contributed by atoms with E-state index in [1.165, 1.54) is 0 Å². The minimum atomic E-state index is -0.115. The Morgan fingerprint density at radius 2 is 1.95 bits per heavy atom. The fourth-order valence-electron chi connectivity index (χ4n) is 2.20. The van der Waals surface area contributed by atoms with Gasteiger partial charge in [-0.3, -0.25) is 9.78 Å². The van der Waals surface area contributed by atoms with Crippen LogP contribution >= 0.6 is 0 Å². The van der Waals surface area contributed by atoms with Gasteiger partial charge in [0.25, 0.3) is 5.91 Å². The van der Waals surface area contributed by atoms with Gasteiger partial charge in [0.05, 0.1) is 11.7 Å². The summed E-state index contributed by atoms with van der Waals surface area (Å²) in [6.07, 6.45) is 2.57. The predicted molar refractivity (Wildman–Crippen MR) is 84.2 cm³/mol. The number of pyridine rings is 1. The Balaban J connectivity index is 2.10. The van der Waals surface area contributed by atoms with Crippen molar-refractivity contribution < 1.29 is 4.79 Å². The fourth-order valence-corrected chi connectivity index (χ4v) is 2.20. The average Bonchev–Trinajstić information content (AvgIpc) is 2.54. The van der Waals surface area contributed by atoms with Crippen molar-refractivity contribution in [3.05, 3.63) is 65.5 Å². The van der Waals surface area contributed by atoms with Crippen molar-refractivity contribution >= 4 is 5.91 Å². The monoisotopic (exact) mass is 283 g/mol. The topological polar surface area (TPSA) is 54.0 Å². The van der Waals surface area contributed by atoms with Gasteiger partial charge in [-0.15, -0.1) is 0 Å². The number of likely N-dealkylation sites (N-methyl/N-ethyl adjacent to an activating group) is 1. The zero-order valence-electron chi connectivity index (χ0n) is 12.5. The summed E-state index contributed by atoms with van der Waals surface area (Å²) in [6, 6.07) is 13.3. The Morgan fingerprint density at radius 3 is 2.67 bits per heavy atom. The number of hydrogen-bond acceptors (Lipinski definition) is 3. The minimum absolute atomic E-state index is 0.0557. The third kappa shape index (κ3) is 4.13. The maximum absolute atomic E-state index is 12.5. The predicted octanol–water partition coefficient (Wildman–Crippen LogP) is 2.33. The molecule has 2 aromatic rings. The van der Waals surface area contributed by atoms with Crippen molar-refractivity contribution in [3.8, 4) is 0 Å². The number of hydrogen-bond donors (Lipinski definition) is 2. The molecule has 2 rings (SSSR count). The summed E-state index contributed by atoms with van der Waals surface area (Å²) in [5, 5.41) is 6.11. The molecule has 0 unspecified atom stereocenters. The quantitative estimate of drug-likeness (QED) is 0.855. The first-order chi connectivity index (χ1) is 10.2. The van der Waals surface area contributed by atoms with Crippen molar-refractivity contribution in [3.63, 3.8) is 0 Å². The van der Waals surface area contributed by atoms with E-state index in [0.29, 0.717) is 0 Å². The molecular formula is C17H21N3O. The first-order valence-corrected chi connectivity index (χ1v) is 7.16. The maximum atomic E-state index is 12.5. The van der Waals surface area contributed by atoms with Crippen LogP contribution in [-0.4, -0.2) is 24.5 Å². The second kappa shape index (κ2) is 7.55. The standard InChI is InChI=1S/C17H21N3O/c1-13(16-9-5-6-11-19-16)20-17(21)15-8-4-3-7-14(15)10-12-18-2/h3-9,11,13,18H,10,12H2,1-2H3,(H,20,21)/t13-/m1/s1. The van der Waals surface area contributed by atoms with Crippen LogP contribution in [0.2, 0.25) is 0 Å². The summed E-state index contributed by atoms with van der Waals surface area (Å²) >= 11 is 0. The van der Waals surface area contributed by atoms with Crippen molar-refractivity contribution in [2.45, 2.75) is 19.4 Å². The molecule has 0 bridgehead atoms. The van der Waals surface area contributed by atoms with Crippen LogP contribution in [0.15, 0.2) is 48.7 Å². The van der Waals surface area contributed by atoms with Crippen LogP contribution in [0.25, 0.3) is 0 Å². The van der Waals surface area contributed by atoms with E-state index in [4.69, 9.17) is 0 Å². The highest BCUT2D eigenvalue weighted by Gasteiger charge is 2.14. The highest BCUT2D eigenvalue weighted by atomic mass is 16.1. The van der Waals surface area contributed by atoms with Gasteiger partial charge in [-0.05, 0) is 50.7 Å². The molecule has 0 aliphatic carbocycles. The van der Waals surface area contributed by atoms with Crippen LogP contribution < -0.4 is 10.6 Å². The smallest absolute Gasteiger partial charge is 0.252 e. The Hall–Kier alpha value is -2.20. The van der Waals surface area contributed by atoms with Gasteiger partial charge >= 0.3 is 0 Å². The normalized spacial score (nSPS) is 11.9. The lowest BCUT2D eigenvalue weighted by Crippen LogP contribution is -2.28. The zero-order chi connectivity index (χ0) is 15.1. The van der Waals surface area contributed by atoms with Crippen LogP contribution in [0.3, 0.4) is 0 Å². The summed E-state index contributed by atoms with van der Waals surface area (Å²) in [7, 11) is 1.91. The molecule has 2 N–H and O–H groups in total. The maximum Gasteiger partial charge on any atom is 0.252 e. The summed E-state index contributed by atoms with van der Waals surface area (Å²) in [5.41, 5.74) is 2.65. The van der Waals surface area contributed by atoms with E-state index in [1.807, 2.05) is 56.4 Å². The number of rotatable bonds is 6. The van der Waals surface area contributed by atoms with Crippen LogP contribution in [0.1, 0.15) is 34.6 Å². The van der Waals surface area contributed by atoms with Gasteiger partial charge in [-0.25, -0.2) is 0 Å². The molecule has 1 aromatic heterocycles. The van der Waals surface area contributed by atoms with E-state index >= 15 is 0 Å². The van der Waals surface area contributed by atoms with Crippen molar-refractivity contribution in [1.82, 2.24) is 15.6 Å². The van der Waals surface area contributed by atoms with E-state index in [9.17, 15) is 4.79 Å². The molecule has 0 radical (unpaired) electrons. The first kappa shape index (κ1) is 15.2. The first-order valence-electron chi connectivity index (χ1n) is 7.16. The molecule has 4 nitrogen and oxygen atoms in total. The van der Waals surface area contributed by atoms with E-state index < -0.39 is 0 Å². The van der Waals surface area contributed by atoms with Crippen LogP contribution in [0.4, 0.5) is 0 Å². The molecular weight excluding hydrogens is 262 g/mol. The van der Waals surface area contributed by atoms with Gasteiger partial charge < -0.3 is 10.6 Å². The second-order valence-corrected chi connectivity index (χ2v) is 4.96. The number of nitrogens with one attached hydrogen (secondary N) is 2. The number of nitrogens with zero attached hydrogens (tertiary/aromatic N) is 1. The molecule has 1 atom stereocenters. The Bertz CT molecular complexity index is 584. The fraction of sp³-hybridized carbons (Fsp3) is 0.294. The van der Waals surface area contributed by atoms with Gasteiger partial charge in [0, 0.05) is 11.8 Å². The lowest BCUT2D eigenvalue weighted by Gasteiger charge is -2.15. The molecule has 0 saturated heterocycles. The van der Waals surface area contributed by atoms with Gasteiger partial charge in [-0.1, -0.05) is 24.3 Å². The minimum Gasteiger partial charge on any atom is -0.344 e. The van der Waals surface area contributed by atoms with E-state index in [2.05, 4.69) is 15.6 Å². The van der Waals surface area contributed by atoms with Gasteiger partial charge in [-0.2, -0.15) is 0 Å². The number of amides is 1. The van der Waals surface area contributed by atoms with E-state index in [0.717, 1.165) is 29.8 Å². The van der Waals surface area contributed by atoms with Crippen molar-refractivity contribution in [1.29, 1.82) is 0 Å². The highest BCUT2D eigenvalue weighted by Crippen LogP contribution is 2.13. The largest absolute Gasteiger partial charge is 0.344 e. The Morgan fingerprint density at radius 1 is 1.19 bits per heavy atom. The second-order valence-electron chi connectivity index (χ2n) is 4.96. The summed E-state index contributed by atoms with van der Waals surface area (Å²) in [6.45, 7) is 2.79. The number of aromatic nitrogens is 1. The third-order valence-corrected chi connectivity index (χ3v) is 3.39. The van der Waals surface area contributed by atoms with Gasteiger partial charge in [0.1, 0.15) is 0 Å². The Labute approximate surface area is 125 Å². The summed E-state index contributed by atoms with van der Waals surface area (Å²) in [4.78, 5) is 16.7. The average molecular weight is 283 g/mol. The van der Waals surface area contributed by atoms with Crippen molar-refractivity contribution in [2.24, 2.45) is 0 Å². The molecule has 0 fully saturated rings.